The van der Waals surface area contributed by atoms with Crippen LogP contribution in [-0.2, 0) is 19.6 Å². The predicted octanol–water partition coefficient (Wildman–Crippen LogP) is 0.208. The van der Waals surface area contributed by atoms with Gasteiger partial charge in [-0.25, -0.2) is 8.42 Å². The molecular weight excluding hydrogens is 308 g/mol. The second kappa shape index (κ2) is 6.69. The van der Waals surface area contributed by atoms with Gasteiger partial charge in [0.25, 0.3) is 0 Å². The molecule has 9 heteroatoms. The van der Waals surface area contributed by atoms with Gasteiger partial charge in [-0.2, -0.15) is 4.72 Å². The van der Waals surface area contributed by atoms with E-state index >= 15 is 0 Å². The molecule has 0 radical (unpaired) electrons. The largest absolute Gasteiger partial charge is 0.480 e. The highest BCUT2D eigenvalue weighted by molar-refractivity contribution is 7.89. The lowest BCUT2D eigenvalue weighted by molar-refractivity contribution is -0.138. The molecule has 0 aliphatic rings. The third-order valence-corrected chi connectivity index (χ3v) is 4.07. The lowest BCUT2D eigenvalue weighted by Gasteiger charge is -2.13. The molecule has 1 atom stereocenters. The summed E-state index contributed by atoms with van der Waals surface area (Å²) in [6.45, 7) is 0.733. The molecule has 0 aliphatic heterocycles. The highest BCUT2D eigenvalue weighted by Crippen LogP contribution is 2.14. The summed E-state index contributed by atoms with van der Waals surface area (Å²) in [7, 11) is -3.88. The molecule has 1 unspecified atom stereocenters. The van der Waals surface area contributed by atoms with Crippen molar-refractivity contribution in [3.63, 3.8) is 0 Å². The Labute approximate surface area is 121 Å². The van der Waals surface area contributed by atoms with Crippen LogP contribution >= 0.6 is 11.6 Å². The molecule has 0 heterocycles. The van der Waals surface area contributed by atoms with Gasteiger partial charge in [0.1, 0.15) is 6.54 Å². The third kappa shape index (κ3) is 4.80. The second-order valence-electron chi connectivity index (χ2n) is 3.91. The van der Waals surface area contributed by atoms with Gasteiger partial charge in [0.2, 0.25) is 15.9 Å². The topological polar surface area (TPSA) is 113 Å². The van der Waals surface area contributed by atoms with Crippen molar-refractivity contribution in [2.45, 2.75) is 17.9 Å². The predicted molar refractivity (Wildman–Crippen MR) is 71.9 cm³/mol. The number of amides is 1. The molecule has 1 aromatic carbocycles. The summed E-state index contributed by atoms with van der Waals surface area (Å²) in [6, 6.07) is 4.31. The van der Waals surface area contributed by atoms with Crippen molar-refractivity contribution in [3.05, 3.63) is 29.3 Å². The molecule has 0 bridgehead atoms. The Morgan fingerprint density at radius 1 is 1.30 bits per heavy atom. The first-order chi connectivity index (χ1) is 9.22. The molecule has 0 spiro atoms. The van der Waals surface area contributed by atoms with Gasteiger partial charge < -0.3 is 10.4 Å². The highest BCUT2D eigenvalue weighted by Gasteiger charge is 2.22. The van der Waals surface area contributed by atoms with Gasteiger partial charge >= 0.3 is 5.97 Å². The minimum absolute atomic E-state index is 0.0419. The van der Waals surface area contributed by atoms with Crippen molar-refractivity contribution in [3.8, 4) is 0 Å². The lowest BCUT2D eigenvalue weighted by Crippen LogP contribution is -2.45. The number of carboxylic acid groups (broad SMARTS) is 1. The summed E-state index contributed by atoms with van der Waals surface area (Å²) >= 11 is 5.65. The Balaban J connectivity index is 2.73. The van der Waals surface area contributed by atoms with Gasteiger partial charge in [-0.1, -0.05) is 11.6 Å². The molecule has 110 valence electrons. The average Bonchev–Trinajstić information content (AvgIpc) is 2.35. The van der Waals surface area contributed by atoms with Crippen LogP contribution in [0.4, 0.5) is 0 Å². The average molecular weight is 321 g/mol. The SMILES string of the molecule is CC(NS(=O)(=O)c1ccc(Cl)cc1)C(=O)NCC(=O)O. The van der Waals surface area contributed by atoms with Gasteiger partial charge in [-0.15, -0.1) is 0 Å². The maximum atomic E-state index is 11.9. The first-order valence-corrected chi connectivity index (χ1v) is 7.36. The van der Waals surface area contributed by atoms with Crippen molar-refractivity contribution in [1.29, 1.82) is 0 Å². The van der Waals surface area contributed by atoms with E-state index in [0.717, 1.165) is 0 Å². The second-order valence-corrected chi connectivity index (χ2v) is 6.06. The van der Waals surface area contributed by atoms with E-state index < -0.39 is 34.5 Å². The first kappa shape index (κ1) is 16.4. The standard InChI is InChI=1S/C11H13ClN2O5S/c1-7(11(17)13-6-10(15)16)14-20(18,19)9-4-2-8(12)3-5-9/h2-5,7,14H,6H2,1H3,(H,13,17)(H,15,16). The zero-order chi connectivity index (χ0) is 15.3. The van der Waals surface area contributed by atoms with Crippen LogP contribution in [0.25, 0.3) is 0 Å². The maximum absolute atomic E-state index is 11.9. The molecule has 0 aromatic heterocycles. The van der Waals surface area contributed by atoms with E-state index in [4.69, 9.17) is 16.7 Å². The first-order valence-electron chi connectivity index (χ1n) is 5.50. The third-order valence-electron chi connectivity index (χ3n) is 2.26. The van der Waals surface area contributed by atoms with Crippen LogP contribution in [0.1, 0.15) is 6.92 Å². The molecule has 0 fully saturated rings. The van der Waals surface area contributed by atoms with Crippen molar-refractivity contribution < 1.29 is 23.1 Å². The summed E-state index contributed by atoms with van der Waals surface area (Å²) in [6.07, 6.45) is 0. The molecule has 20 heavy (non-hydrogen) atoms. The van der Waals surface area contributed by atoms with Crippen LogP contribution in [0.5, 0.6) is 0 Å². The van der Waals surface area contributed by atoms with E-state index in [2.05, 4.69) is 10.0 Å². The molecule has 1 aromatic rings. The number of carbonyl (C=O) groups excluding carboxylic acids is 1. The summed E-state index contributed by atoms with van der Waals surface area (Å²) in [4.78, 5) is 21.7. The van der Waals surface area contributed by atoms with Crippen molar-refractivity contribution in [2.75, 3.05) is 6.54 Å². The maximum Gasteiger partial charge on any atom is 0.322 e. The van der Waals surface area contributed by atoms with Crippen molar-refractivity contribution in [2.24, 2.45) is 0 Å². The van der Waals surface area contributed by atoms with Crippen LogP contribution in [0.2, 0.25) is 5.02 Å². The van der Waals surface area contributed by atoms with Gasteiger partial charge in [-0.3, -0.25) is 9.59 Å². The van der Waals surface area contributed by atoms with Crippen LogP contribution in [-0.4, -0.2) is 38.0 Å². The molecule has 3 N–H and O–H groups in total. The Hall–Kier alpha value is -1.64. The Morgan fingerprint density at radius 3 is 2.35 bits per heavy atom. The number of aliphatic carboxylic acids is 1. The minimum atomic E-state index is -3.88. The van der Waals surface area contributed by atoms with Gasteiger partial charge in [0, 0.05) is 5.02 Å². The number of benzene rings is 1. The number of rotatable bonds is 6. The number of hydrogen-bond donors (Lipinski definition) is 3. The number of hydrogen-bond acceptors (Lipinski definition) is 4. The van der Waals surface area contributed by atoms with E-state index in [0.29, 0.717) is 5.02 Å². The van der Waals surface area contributed by atoms with E-state index in [9.17, 15) is 18.0 Å². The molecule has 0 saturated heterocycles. The zero-order valence-corrected chi connectivity index (χ0v) is 12.0. The summed E-state index contributed by atoms with van der Waals surface area (Å²) < 4.78 is 26.0. The number of halogens is 1. The fourth-order valence-corrected chi connectivity index (χ4v) is 2.61. The van der Waals surface area contributed by atoms with E-state index in [1.807, 2.05) is 0 Å². The van der Waals surface area contributed by atoms with Crippen LogP contribution in [0.3, 0.4) is 0 Å². The Kier molecular flexibility index (Phi) is 5.49. The number of carbonyl (C=O) groups is 2. The lowest BCUT2D eigenvalue weighted by atomic mass is 10.3. The number of sulfonamides is 1. The van der Waals surface area contributed by atoms with Crippen molar-refractivity contribution >= 4 is 33.5 Å². The fraction of sp³-hybridized carbons (Fsp3) is 0.273. The Morgan fingerprint density at radius 2 is 1.85 bits per heavy atom. The fourth-order valence-electron chi connectivity index (χ4n) is 1.28. The molecule has 1 rings (SSSR count). The van der Waals surface area contributed by atoms with E-state index in [1.165, 1.54) is 31.2 Å². The highest BCUT2D eigenvalue weighted by atomic mass is 35.5. The van der Waals surface area contributed by atoms with Gasteiger partial charge in [0.05, 0.1) is 10.9 Å². The minimum Gasteiger partial charge on any atom is -0.480 e. The van der Waals surface area contributed by atoms with E-state index in [1.54, 1.807) is 0 Å². The van der Waals surface area contributed by atoms with Crippen LogP contribution in [0, 0.1) is 0 Å². The molecule has 1 amide bonds. The molecule has 7 nitrogen and oxygen atoms in total. The molecule has 0 saturated carbocycles. The van der Waals surface area contributed by atoms with Gasteiger partial charge in [0.15, 0.2) is 0 Å². The van der Waals surface area contributed by atoms with Crippen LogP contribution < -0.4 is 10.0 Å². The summed E-state index contributed by atoms with van der Waals surface area (Å²) in [5.41, 5.74) is 0. The Bertz CT molecular complexity index is 600. The zero-order valence-electron chi connectivity index (χ0n) is 10.5. The van der Waals surface area contributed by atoms with Gasteiger partial charge in [-0.05, 0) is 31.2 Å². The monoisotopic (exact) mass is 320 g/mol. The summed E-state index contributed by atoms with van der Waals surface area (Å²) in [5, 5.41) is 10.9. The van der Waals surface area contributed by atoms with Crippen LogP contribution in [0.15, 0.2) is 29.2 Å². The molecular formula is C11H13ClN2O5S. The number of nitrogens with one attached hydrogen (secondary N) is 2. The normalized spacial score (nSPS) is 12.7. The smallest absolute Gasteiger partial charge is 0.322 e. The quantitative estimate of drug-likeness (QED) is 0.693. The van der Waals surface area contributed by atoms with Crippen molar-refractivity contribution in [1.82, 2.24) is 10.0 Å². The van der Waals surface area contributed by atoms with E-state index in [-0.39, 0.29) is 4.90 Å². The molecule has 0 aliphatic carbocycles. The summed E-state index contributed by atoms with van der Waals surface area (Å²) in [5.74, 6) is -1.95. The number of carboxylic acids is 1.